The summed E-state index contributed by atoms with van der Waals surface area (Å²) >= 11 is 0. The predicted molar refractivity (Wildman–Crippen MR) is 72.2 cm³/mol. The van der Waals surface area contributed by atoms with Gasteiger partial charge in [0.25, 0.3) is 0 Å². The third-order valence-corrected chi connectivity index (χ3v) is 4.33. The fraction of sp³-hybridized carbons (Fsp3) is 0.467. The summed E-state index contributed by atoms with van der Waals surface area (Å²) in [5.74, 6) is -0.0926. The van der Waals surface area contributed by atoms with Crippen molar-refractivity contribution in [3.63, 3.8) is 0 Å². The van der Waals surface area contributed by atoms with Gasteiger partial charge in [-0.3, -0.25) is 0 Å². The van der Waals surface area contributed by atoms with Crippen LogP contribution in [0, 0.1) is 12.7 Å². The van der Waals surface area contributed by atoms with Crippen molar-refractivity contribution in [1.82, 2.24) is 9.88 Å². The highest BCUT2D eigenvalue weighted by atomic mass is 19.1. The van der Waals surface area contributed by atoms with E-state index in [0.29, 0.717) is 0 Å². The van der Waals surface area contributed by atoms with Crippen LogP contribution in [0.25, 0.3) is 10.9 Å². The quantitative estimate of drug-likeness (QED) is 0.817. The molecule has 0 saturated carbocycles. The van der Waals surface area contributed by atoms with Crippen molar-refractivity contribution >= 4 is 10.9 Å². The van der Waals surface area contributed by atoms with E-state index in [1.54, 1.807) is 6.07 Å². The number of benzene rings is 1. The summed E-state index contributed by atoms with van der Waals surface area (Å²) in [6, 6.07) is 5.71. The van der Waals surface area contributed by atoms with Gasteiger partial charge in [-0.25, -0.2) is 4.39 Å². The number of rotatable bonds is 1. The molecule has 1 fully saturated rings. The molecule has 0 amide bonds. The second-order valence-corrected chi connectivity index (χ2v) is 5.60. The Morgan fingerprint density at radius 2 is 2.11 bits per heavy atom. The molecular weight excluding hydrogens is 227 g/mol. The van der Waals surface area contributed by atoms with Crippen molar-refractivity contribution in [3.8, 4) is 0 Å². The molecule has 1 N–H and O–H groups in total. The summed E-state index contributed by atoms with van der Waals surface area (Å²) in [5.41, 5.74) is 2.86. The van der Waals surface area contributed by atoms with Gasteiger partial charge in [-0.1, -0.05) is 0 Å². The number of nitrogens with one attached hydrogen (secondary N) is 1. The van der Waals surface area contributed by atoms with E-state index < -0.39 is 0 Å². The number of halogens is 1. The van der Waals surface area contributed by atoms with Crippen LogP contribution in [-0.2, 0) is 12.6 Å². The molecule has 1 atom stereocenters. The van der Waals surface area contributed by atoms with Gasteiger partial charge >= 0.3 is 0 Å². The first kappa shape index (κ1) is 11.7. The molecule has 96 valence electrons. The lowest BCUT2D eigenvalue weighted by atomic mass is 9.89. The molecule has 0 radical (unpaired) electrons. The van der Waals surface area contributed by atoms with Gasteiger partial charge in [-0.2, -0.15) is 0 Å². The van der Waals surface area contributed by atoms with Gasteiger partial charge in [0.1, 0.15) is 5.82 Å². The van der Waals surface area contributed by atoms with E-state index in [9.17, 15) is 4.39 Å². The minimum Gasteiger partial charge on any atom is -0.348 e. The third kappa shape index (κ3) is 1.57. The third-order valence-electron chi connectivity index (χ3n) is 4.33. The van der Waals surface area contributed by atoms with Crippen molar-refractivity contribution in [2.75, 3.05) is 6.54 Å². The molecule has 18 heavy (non-hydrogen) atoms. The second kappa shape index (κ2) is 3.82. The largest absolute Gasteiger partial charge is 0.348 e. The number of hydrogen-bond acceptors (Lipinski definition) is 1. The Balaban J connectivity index is 2.23. The molecule has 2 nitrogen and oxygen atoms in total. The summed E-state index contributed by atoms with van der Waals surface area (Å²) in [6.45, 7) is 5.12. The van der Waals surface area contributed by atoms with Crippen LogP contribution < -0.4 is 5.32 Å². The molecule has 1 unspecified atom stereocenters. The molecule has 0 bridgehead atoms. The molecule has 1 aliphatic heterocycles. The Kier molecular flexibility index (Phi) is 2.49. The average molecular weight is 246 g/mol. The summed E-state index contributed by atoms with van der Waals surface area (Å²) in [4.78, 5) is 0. The highest BCUT2D eigenvalue weighted by molar-refractivity contribution is 5.82. The zero-order chi connectivity index (χ0) is 12.9. The Morgan fingerprint density at radius 3 is 2.78 bits per heavy atom. The number of fused-ring (bicyclic) bond motifs is 1. The van der Waals surface area contributed by atoms with Crippen LogP contribution in [0.15, 0.2) is 18.2 Å². The van der Waals surface area contributed by atoms with Crippen LogP contribution in [0.1, 0.15) is 31.0 Å². The van der Waals surface area contributed by atoms with E-state index in [0.717, 1.165) is 41.5 Å². The van der Waals surface area contributed by atoms with Crippen LogP contribution in [-0.4, -0.2) is 11.1 Å². The first-order valence-electron chi connectivity index (χ1n) is 6.52. The smallest absolute Gasteiger partial charge is 0.129 e. The average Bonchev–Trinajstić information content (AvgIpc) is 2.85. The molecule has 0 aliphatic carbocycles. The Morgan fingerprint density at radius 1 is 1.33 bits per heavy atom. The molecule has 1 aliphatic rings. The number of aryl methyl sites for hydroxylation is 2. The Bertz CT molecular complexity index is 606. The minimum atomic E-state index is -0.212. The van der Waals surface area contributed by atoms with Gasteiger partial charge in [0.15, 0.2) is 0 Å². The molecular formula is C15H19FN2. The second-order valence-electron chi connectivity index (χ2n) is 5.60. The highest BCUT2D eigenvalue weighted by Crippen LogP contribution is 2.34. The van der Waals surface area contributed by atoms with Gasteiger partial charge in [0.05, 0.1) is 0 Å². The summed E-state index contributed by atoms with van der Waals surface area (Å²) < 4.78 is 16.4. The van der Waals surface area contributed by atoms with Crippen molar-refractivity contribution in [2.45, 2.75) is 32.2 Å². The normalized spacial score (nSPS) is 24.0. The van der Waals surface area contributed by atoms with Crippen molar-refractivity contribution in [3.05, 3.63) is 35.3 Å². The first-order valence-corrected chi connectivity index (χ1v) is 6.52. The van der Waals surface area contributed by atoms with E-state index in [-0.39, 0.29) is 11.4 Å². The van der Waals surface area contributed by atoms with E-state index in [1.807, 2.05) is 26.1 Å². The maximum absolute atomic E-state index is 14.3. The fourth-order valence-corrected chi connectivity index (χ4v) is 3.04. The van der Waals surface area contributed by atoms with Crippen LogP contribution in [0.4, 0.5) is 4.39 Å². The van der Waals surface area contributed by atoms with Gasteiger partial charge in [-0.05, 0) is 51.4 Å². The van der Waals surface area contributed by atoms with E-state index in [2.05, 4.69) is 16.8 Å². The maximum atomic E-state index is 14.3. The number of nitrogens with zero attached hydrogens (tertiary/aromatic N) is 1. The molecule has 1 aromatic carbocycles. The van der Waals surface area contributed by atoms with Crippen molar-refractivity contribution in [2.24, 2.45) is 7.05 Å². The minimum absolute atomic E-state index is 0.0926. The molecule has 1 saturated heterocycles. The van der Waals surface area contributed by atoms with Crippen LogP contribution in [0.2, 0.25) is 0 Å². The number of hydrogen-bond donors (Lipinski definition) is 1. The summed E-state index contributed by atoms with van der Waals surface area (Å²) in [5, 5.41) is 4.42. The monoisotopic (exact) mass is 246 g/mol. The fourth-order valence-electron chi connectivity index (χ4n) is 3.04. The summed E-state index contributed by atoms with van der Waals surface area (Å²) in [6.07, 6.45) is 2.11. The van der Waals surface area contributed by atoms with Crippen LogP contribution in [0.3, 0.4) is 0 Å². The van der Waals surface area contributed by atoms with Crippen LogP contribution in [0.5, 0.6) is 0 Å². The van der Waals surface area contributed by atoms with E-state index in [1.165, 1.54) is 0 Å². The van der Waals surface area contributed by atoms with Gasteiger partial charge in [0.2, 0.25) is 0 Å². The predicted octanol–water partition coefficient (Wildman–Crippen LogP) is 3.22. The molecule has 2 heterocycles. The zero-order valence-electron chi connectivity index (χ0n) is 11.2. The lowest BCUT2D eigenvalue weighted by Gasteiger charge is -2.25. The number of aromatic nitrogens is 1. The lowest BCUT2D eigenvalue weighted by molar-refractivity contribution is 0.411. The Labute approximate surface area is 107 Å². The zero-order valence-corrected chi connectivity index (χ0v) is 11.2. The molecule has 0 spiro atoms. The van der Waals surface area contributed by atoms with E-state index >= 15 is 0 Å². The SMILES string of the molecule is Cc1cc2cc(F)c(C3(C)CCCN3)cc2n1C. The van der Waals surface area contributed by atoms with Gasteiger partial charge < -0.3 is 9.88 Å². The van der Waals surface area contributed by atoms with Gasteiger partial charge in [0, 0.05) is 34.7 Å². The van der Waals surface area contributed by atoms with Crippen molar-refractivity contribution < 1.29 is 4.39 Å². The van der Waals surface area contributed by atoms with Gasteiger partial charge in [-0.15, -0.1) is 0 Å². The first-order chi connectivity index (χ1) is 8.51. The molecule has 3 rings (SSSR count). The topological polar surface area (TPSA) is 17.0 Å². The molecule has 3 heteroatoms. The molecule has 2 aromatic rings. The van der Waals surface area contributed by atoms with Crippen LogP contribution >= 0.6 is 0 Å². The standard InChI is InChI=1S/C15H19FN2/c1-10-7-11-8-13(16)12(9-14(11)18(10)3)15(2)5-4-6-17-15/h7-9,17H,4-6H2,1-3H3. The Hall–Kier alpha value is -1.35. The van der Waals surface area contributed by atoms with Crippen molar-refractivity contribution in [1.29, 1.82) is 0 Å². The highest BCUT2D eigenvalue weighted by Gasteiger charge is 2.32. The molecule has 1 aromatic heterocycles. The summed E-state index contributed by atoms with van der Waals surface area (Å²) in [7, 11) is 2.03. The maximum Gasteiger partial charge on any atom is 0.129 e. The lowest BCUT2D eigenvalue weighted by Crippen LogP contribution is -2.34. The van der Waals surface area contributed by atoms with E-state index in [4.69, 9.17) is 0 Å².